The van der Waals surface area contributed by atoms with Crippen molar-refractivity contribution in [2.45, 2.75) is 26.2 Å². The summed E-state index contributed by atoms with van der Waals surface area (Å²) in [6.07, 6.45) is -0.682. The quantitative estimate of drug-likeness (QED) is 0.760. The largest absolute Gasteiger partial charge is 0.389 e. The summed E-state index contributed by atoms with van der Waals surface area (Å²) in [6, 6.07) is 14.3. The van der Waals surface area contributed by atoms with Gasteiger partial charge < -0.3 is 14.4 Å². The van der Waals surface area contributed by atoms with Crippen LogP contribution in [0.15, 0.2) is 48.5 Å². The number of hydrogen-bond donors (Lipinski definition) is 1. The molecule has 0 saturated heterocycles. The lowest BCUT2D eigenvalue weighted by atomic mass is 10.2. The third-order valence-corrected chi connectivity index (χ3v) is 3.76. The lowest BCUT2D eigenvalue weighted by molar-refractivity contribution is 0.0197. The summed E-state index contributed by atoms with van der Waals surface area (Å²) in [6.45, 7) is 2.59. The molecule has 0 amide bonds. The van der Waals surface area contributed by atoms with Crippen LogP contribution in [-0.4, -0.2) is 27.4 Å². The number of aryl methyl sites for hydroxylation is 1. The maximum Gasteiger partial charge on any atom is 0.128 e. The van der Waals surface area contributed by atoms with Gasteiger partial charge in [0.05, 0.1) is 36.9 Å². The average Bonchev–Trinajstić information content (AvgIpc) is 2.85. The van der Waals surface area contributed by atoms with E-state index < -0.39 is 6.10 Å². The molecule has 1 atom stereocenters. The first kappa shape index (κ1) is 15.6. The molecule has 2 aromatic carbocycles. The van der Waals surface area contributed by atoms with Gasteiger partial charge in [-0.2, -0.15) is 0 Å². The van der Waals surface area contributed by atoms with Gasteiger partial charge >= 0.3 is 0 Å². The predicted octanol–water partition coefficient (Wildman–Crippen LogP) is 3.06. The summed E-state index contributed by atoms with van der Waals surface area (Å²) in [5.41, 5.74) is 2.38. The van der Waals surface area contributed by atoms with E-state index in [1.807, 2.05) is 35.8 Å². The van der Waals surface area contributed by atoms with Crippen LogP contribution in [0, 0.1) is 12.7 Å². The summed E-state index contributed by atoms with van der Waals surface area (Å²) in [5, 5.41) is 10.2. The van der Waals surface area contributed by atoms with E-state index >= 15 is 0 Å². The van der Waals surface area contributed by atoms with Gasteiger partial charge in [-0.05, 0) is 25.1 Å². The summed E-state index contributed by atoms with van der Waals surface area (Å²) in [4.78, 5) is 4.47. The highest BCUT2D eigenvalue weighted by Gasteiger charge is 2.12. The predicted molar refractivity (Wildman–Crippen MR) is 86.5 cm³/mol. The van der Waals surface area contributed by atoms with E-state index in [0.29, 0.717) is 12.1 Å². The number of fused-ring (bicyclic) bond motifs is 1. The van der Waals surface area contributed by atoms with Crippen LogP contribution >= 0.6 is 0 Å². The molecule has 0 aliphatic rings. The molecular formula is C18H19FN2O2. The fourth-order valence-corrected chi connectivity index (χ4v) is 2.61. The fraction of sp³-hybridized carbons (Fsp3) is 0.278. The van der Waals surface area contributed by atoms with Crippen molar-refractivity contribution in [2.24, 2.45) is 0 Å². The third kappa shape index (κ3) is 3.57. The van der Waals surface area contributed by atoms with E-state index in [4.69, 9.17) is 4.74 Å². The van der Waals surface area contributed by atoms with Crippen molar-refractivity contribution < 1.29 is 14.2 Å². The van der Waals surface area contributed by atoms with Gasteiger partial charge in [-0.15, -0.1) is 0 Å². The number of aliphatic hydroxyl groups excluding tert-OH is 1. The summed E-state index contributed by atoms with van der Waals surface area (Å²) < 4.78 is 20.9. The molecule has 0 unspecified atom stereocenters. The minimum absolute atomic E-state index is 0.139. The summed E-state index contributed by atoms with van der Waals surface area (Å²) >= 11 is 0. The zero-order chi connectivity index (χ0) is 16.2. The molecule has 0 spiro atoms. The van der Waals surface area contributed by atoms with Gasteiger partial charge in [0.15, 0.2) is 0 Å². The van der Waals surface area contributed by atoms with Gasteiger partial charge in [0.25, 0.3) is 0 Å². The molecule has 4 nitrogen and oxygen atoms in total. The third-order valence-electron chi connectivity index (χ3n) is 3.76. The topological polar surface area (TPSA) is 47.3 Å². The van der Waals surface area contributed by atoms with Crippen molar-refractivity contribution in [1.82, 2.24) is 9.55 Å². The molecule has 0 aliphatic heterocycles. The minimum atomic E-state index is -0.682. The Morgan fingerprint density at radius 1 is 1.17 bits per heavy atom. The van der Waals surface area contributed by atoms with Gasteiger partial charge in [-0.1, -0.05) is 30.3 Å². The molecule has 0 saturated carbocycles. The van der Waals surface area contributed by atoms with Crippen molar-refractivity contribution in [2.75, 3.05) is 6.61 Å². The maximum absolute atomic E-state index is 13.5. The molecule has 0 aliphatic carbocycles. The number of imidazole rings is 1. The van der Waals surface area contributed by atoms with E-state index in [0.717, 1.165) is 16.9 Å². The van der Waals surface area contributed by atoms with E-state index in [1.54, 1.807) is 18.2 Å². The molecule has 1 heterocycles. The monoisotopic (exact) mass is 314 g/mol. The van der Waals surface area contributed by atoms with E-state index in [9.17, 15) is 9.50 Å². The Hall–Kier alpha value is -2.24. The molecule has 1 N–H and O–H groups in total. The molecule has 3 aromatic rings. The number of ether oxygens (including phenoxy) is 1. The highest BCUT2D eigenvalue weighted by Crippen LogP contribution is 2.16. The zero-order valence-electron chi connectivity index (χ0n) is 12.9. The molecule has 0 fully saturated rings. The lowest BCUT2D eigenvalue weighted by Crippen LogP contribution is -2.22. The second-order valence-corrected chi connectivity index (χ2v) is 5.52. The number of benzene rings is 2. The normalized spacial score (nSPS) is 12.7. The fourth-order valence-electron chi connectivity index (χ4n) is 2.61. The van der Waals surface area contributed by atoms with Crippen LogP contribution in [0.2, 0.25) is 0 Å². The van der Waals surface area contributed by atoms with Gasteiger partial charge in [0.1, 0.15) is 11.6 Å². The molecule has 120 valence electrons. The number of halogens is 1. The van der Waals surface area contributed by atoms with Crippen LogP contribution in [0.4, 0.5) is 4.39 Å². The van der Waals surface area contributed by atoms with Gasteiger partial charge in [-0.3, -0.25) is 0 Å². The Morgan fingerprint density at radius 3 is 2.74 bits per heavy atom. The second kappa shape index (κ2) is 6.89. The maximum atomic E-state index is 13.5. The van der Waals surface area contributed by atoms with Crippen LogP contribution in [0.5, 0.6) is 0 Å². The first-order valence-electron chi connectivity index (χ1n) is 7.56. The SMILES string of the molecule is Cc1nc2ccccc2n1C[C@H](O)COCc1ccccc1F. The summed E-state index contributed by atoms with van der Waals surface area (Å²) in [7, 11) is 0. The van der Waals surface area contributed by atoms with Crippen molar-refractivity contribution in [3.63, 3.8) is 0 Å². The van der Waals surface area contributed by atoms with Crippen LogP contribution < -0.4 is 0 Å². The lowest BCUT2D eigenvalue weighted by Gasteiger charge is -2.14. The van der Waals surface area contributed by atoms with Crippen LogP contribution in [0.25, 0.3) is 11.0 Å². The number of rotatable bonds is 6. The molecule has 3 rings (SSSR count). The first-order valence-corrected chi connectivity index (χ1v) is 7.56. The molecule has 0 radical (unpaired) electrons. The van der Waals surface area contributed by atoms with E-state index in [-0.39, 0.29) is 19.0 Å². The minimum Gasteiger partial charge on any atom is -0.389 e. The Kier molecular flexibility index (Phi) is 4.69. The zero-order valence-corrected chi connectivity index (χ0v) is 12.9. The smallest absolute Gasteiger partial charge is 0.128 e. The van der Waals surface area contributed by atoms with Crippen LogP contribution in [0.3, 0.4) is 0 Å². The summed E-state index contributed by atoms with van der Waals surface area (Å²) in [5.74, 6) is 0.554. The molecular weight excluding hydrogens is 295 g/mol. The molecule has 0 bridgehead atoms. The van der Waals surface area contributed by atoms with Crippen molar-refractivity contribution in [1.29, 1.82) is 0 Å². The first-order chi connectivity index (χ1) is 11.1. The molecule has 1 aromatic heterocycles. The number of aromatic nitrogens is 2. The second-order valence-electron chi connectivity index (χ2n) is 5.52. The van der Waals surface area contributed by atoms with Crippen LogP contribution in [-0.2, 0) is 17.9 Å². The van der Waals surface area contributed by atoms with Crippen LogP contribution in [0.1, 0.15) is 11.4 Å². The van der Waals surface area contributed by atoms with Crippen molar-refractivity contribution in [3.8, 4) is 0 Å². The highest BCUT2D eigenvalue weighted by molar-refractivity contribution is 5.75. The van der Waals surface area contributed by atoms with E-state index in [2.05, 4.69) is 4.98 Å². The standard InChI is InChI=1S/C18H19FN2O2/c1-13-20-17-8-4-5-9-18(17)21(13)10-15(22)12-23-11-14-6-2-3-7-16(14)19/h2-9,15,22H,10-12H2,1H3/t15-/m0/s1. The number of para-hydroxylation sites is 2. The van der Waals surface area contributed by atoms with Crippen molar-refractivity contribution >= 4 is 11.0 Å². The molecule has 5 heteroatoms. The van der Waals surface area contributed by atoms with Crippen molar-refractivity contribution in [3.05, 3.63) is 65.7 Å². The van der Waals surface area contributed by atoms with Gasteiger partial charge in [0, 0.05) is 5.56 Å². The number of nitrogens with zero attached hydrogens (tertiary/aromatic N) is 2. The van der Waals surface area contributed by atoms with Gasteiger partial charge in [0.2, 0.25) is 0 Å². The Morgan fingerprint density at radius 2 is 1.91 bits per heavy atom. The number of hydrogen-bond acceptors (Lipinski definition) is 3. The van der Waals surface area contributed by atoms with Gasteiger partial charge in [-0.25, -0.2) is 9.37 Å². The Balaban J connectivity index is 1.60. The Labute approximate surface area is 134 Å². The number of aliphatic hydroxyl groups is 1. The Bertz CT molecular complexity index is 801. The molecule has 23 heavy (non-hydrogen) atoms. The highest BCUT2D eigenvalue weighted by atomic mass is 19.1. The average molecular weight is 314 g/mol. The van der Waals surface area contributed by atoms with E-state index in [1.165, 1.54) is 6.07 Å².